The lowest BCUT2D eigenvalue weighted by Gasteiger charge is -2.13. The van der Waals surface area contributed by atoms with Crippen molar-refractivity contribution < 1.29 is 14.3 Å². The van der Waals surface area contributed by atoms with Gasteiger partial charge in [-0.2, -0.15) is 5.10 Å². The van der Waals surface area contributed by atoms with Crippen LogP contribution in [0.2, 0.25) is 0 Å². The fraction of sp³-hybridized carbons (Fsp3) is 0.364. The van der Waals surface area contributed by atoms with E-state index in [1.54, 1.807) is 31.2 Å². The number of amides is 1. The molecule has 0 aliphatic heterocycles. The summed E-state index contributed by atoms with van der Waals surface area (Å²) in [7, 11) is 0. The highest BCUT2D eigenvalue weighted by Gasteiger charge is 2.24. The summed E-state index contributed by atoms with van der Waals surface area (Å²) >= 11 is 1.31. The number of nitrogens with zero attached hydrogens (tertiary/aromatic N) is 2. The third kappa shape index (κ3) is 4.14. The third-order valence-corrected chi connectivity index (χ3v) is 5.84. The number of nitrogens with one attached hydrogen (secondary N) is 1. The Balaban J connectivity index is 2.09. The Labute approximate surface area is 178 Å². The SMILES string of the molecule is CCOC(=O)c1c(NC(=O)c2nn(CC(C)C)c(=O)c3ccccc23)sc(C)c1C. The highest BCUT2D eigenvalue weighted by Crippen LogP contribution is 2.33. The zero-order valence-electron chi connectivity index (χ0n) is 17.7. The van der Waals surface area contributed by atoms with Crippen LogP contribution >= 0.6 is 11.3 Å². The number of carbonyl (C=O) groups is 2. The molecule has 30 heavy (non-hydrogen) atoms. The number of carbonyl (C=O) groups excluding carboxylic acids is 2. The zero-order chi connectivity index (χ0) is 22.0. The second-order valence-electron chi connectivity index (χ2n) is 7.44. The van der Waals surface area contributed by atoms with Crippen LogP contribution in [0, 0.1) is 19.8 Å². The second-order valence-corrected chi connectivity index (χ2v) is 8.66. The van der Waals surface area contributed by atoms with Crippen molar-refractivity contribution in [3.8, 4) is 0 Å². The van der Waals surface area contributed by atoms with Gasteiger partial charge >= 0.3 is 5.97 Å². The molecule has 0 aliphatic rings. The standard InChI is InChI=1S/C22H25N3O4S/c1-6-29-22(28)17-13(4)14(5)30-20(17)23-19(26)18-15-9-7-8-10-16(15)21(27)25(24-18)11-12(2)3/h7-10,12H,6,11H2,1-5H3,(H,23,26). The second kappa shape index (κ2) is 8.79. The summed E-state index contributed by atoms with van der Waals surface area (Å²) in [6, 6.07) is 6.92. The Bertz CT molecular complexity index is 1180. The third-order valence-electron chi connectivity index (χ3n) is 4.71. The molecule has 3 aromatic rings. The van der Waals surface area contributed by atoms with Crippen LogP contribution in [0.4, 0.5) is 5.00 Å². The van der Waals surface area contributed by atoms with Crippen LogP contribution in [0.1, 0.15) is 52.1 Å². The van der Waals surface area contributed by atoms with Gasteiger partial charge in [-0.25, -0.2) is 9.48 Å². The first-order chi connectivity index (χ1) is 14.2. The minimum absolute atomic E-state index is 0.143. The van der Waals surface area contributed by atoms with Crippen LogP contribution in [-0.2, 0) is 11.3 Å². The van der Waals surface area contributed by atoms with Gasteiger partial charge in [-0.05, 0) is 38.3 Å². The number of thiophene rings is 1. The highest BCUT2D eigenvalue weighted by atomic mass is 32.1. The van der Waals surface area contributed by atoms with E-state index in [-0.39, 0.29) is 23.8 Å². The number of benzene rings is 1. The van der Waals surface area contributed by atoms with Gasteiger partial charge in [0.25, 0.3) is 11.5 Å². The van der Waals surface area contributed by atoms with Gasteiger partial charge in [0.05, 0.1) is 17.6 Å². The van der Waals surface area contributed by atoms with Crippen LogP contribution < -0.4 is 10.9 Å². The largest absolute Gasteiger partial charge is 0.462 e. The Morgan fingerprint density at radius 1 is 1.20 bits per heavy atom. The average Bonchev–Trinajstić information content (AvgIpc) is 2.97. The highest BCUT2D eigenvalue weighted by molar-refractivity contribution is 7.16. The van der Waals surface area contributed by atoms with Crippen molar-refractivity contribution in [3.05, 3.63) is 56.3 Å². The molecule has 1 N–H and O–H groups in total. The monoisotopic (exact) mass is 427 g/mol. The number of aromatic nitrogens is 2. The van der Waals surface area contributed by atoms with E-state index >= 15 is 0 Å². The Kier molecular flexibility index (Phi) is 6.36. The summed E-state index contributed by atoms with van der Waals surface area (Å²) in [6.07, 6.45) is 0. The summed E-state index contributed by atoms with van der Waals surface area (Å²) in [5.74, 6) is -0.766. The van der Waals surface area contributed by atoms with E-state index in [4.69, 9.17) is 4.74 Å². The molecule has 0 fully saturated rings. The van der Waals surface area contributed by atoms with Crippen molar-refractivity contribution in [2.24, 2.45) is 5.92 Å². The maximum atomic E-state index is 13.2. The number of hydrogen-bond acceptors (Lipinski definition) is 6. The molecule has 1 amide bonds. The Hall–Kier alpha value is -3.00. The van der Waals surface area contributed by atoms with Crippen molar-refractivity contribution >= 4 is 39.0 Å². The van der Waals surface area contributed by atoms with E-state index in [9.17, 15) is 14.4 Å². The van der Waals surface area contributed by atoms with Gasteiger partial charge in [-0.15, -0.1) is 11.3 Å². The quantitative estimate of drug-likeness (QED) is 0.597. The topological polar surface area (TPSA) is 90.3 Å². The lowest BCUT2D eigenvalue weighted by Crippen LogP contribution is -2.29. The smallest absolute Gasteiger partial charge is 0.341 e. The van der Waals surface area contributed by atoms with Gasteiger partial charge in [0, 0.05) is 16.8 Å². The van der Waals surface area contributed by atoms with Crippen LogP contribution in [0.3, 0.4) is 0 Å². The summed E-state index contributed by atoms with van der Waals surface area (Å²) in [5.41, 5.74) is 1.04. The van der Waals surface area contributed by atoms with Crippen LogP contribution in [0.25, 0.3) is 10.8 Å². The molecule has 0 aliphatic carbocycles. The van der Waals surface area contributed by atoms with Crippen molar-refractivity contribution in [2.45, 2.75) is 41.2 Å². The van der Waals surface area contributed by atoms with Gasteiger partial charge in [0.15, 0.2) is 5.69 Å². The van der Waals surface area contributed by atoms with E-state index < -0.39 is 11.9 Å². The fourth-order valence-corrected chi connectivity index (χ4v) is 4.24. The van der Waals surface area contributed by atoms with Gasteiger partial charge in [-0.1, -0.05) is 32.0 Å². The van der Waals surface area contributed by atoms with E-state index in [0.717, 1.165) is 10.4 Å². The maximum Gasteiger partial charge on any atom is 0.341 e. The number of aryl methyl sites for hydroxylation is 1. The van der Waals surface area contributed by atoms with Crippen LogP contribution in [0.15, 0.2) is 29.1 Å². The van der Waals surface area contributed by atoms with E-state index in [2.05, 4.69) is 10.4 Å². The van der Waals surface area contributed by atoms with Crippen molar-refractivity contribution in [3.63, 3.8) is 0 Å². The van der Waals surface area contributed by atoms with Crippen LogP contribution in [0.5, 0.6) is 0 Å². The van der Waals surface area contributed by atoms with Crippen molar-refractivity contribution in [1.29, 1.82) is 0 Å². The molecule has 2 aromatic heterocycles. The molecule has 2 heterocycles. The molecule has 8 heteroatoms. The molecule has 7 nitrogen and oxygen atoms in total. The van der Waals surface area contributed by atoms with Crippen molar-refractivity contribution in [2.75, 3.05) is 11.9 Å². The average molecular weight is 428 g/mol. The first kappa shape index (κ1) is 21.7. The lowest BCUT2D eigenvalue weighted by molar-refractivity contribution is 0.0527. The first-order valence-corrected chi connectivity index (χ1v) is 10.6. The lowest BCUT2D eigenvalue weighted by atomic mass is 10.1. The normalized spacial score (nSPS) is 11.1. The van der Waals surface area contributed by atoms with E-state index in [1.807, 2.05) is 27.7 Å². The maximum absolute atomic E-state index is 13.2. The fourth-order valence-electron chi connectivity index (χ4n) is 3.20. The predicted octanol–water partition coefficient (Wildman–Crippen LogP) is 4.16. The molecule has 0 spiro atoms. The predicted molar refractivity (Wildman–Crippen MR) is 119 cm³/mol. The molecule has 0 saturated heterocycles. The molecule has 0 bridgehead atoms. The minimum Gasteiger partial charge on any atom is -0.462 e. The number of esters is 1. The van der Waals surface area contributed by atoms with E-state index in [0.29, 0.717) is 27.9 Å². The molecule has 0 radical (unpaired) electrons. The number of rotatable bonds is 6. The Morgan fingerprint density at radius 2 is 1.87 bits per heavy atom. The van der Waals surface area contributed by atoms with Gasteiger partial charge in [-0.3, -0.25) is 9.59 Å². The number of hydrogen-bond donors (Lipinski definition) is 1. The summed E-state index contributed by atoms with van der Waals surface area (Å²) in [6.45, 7) is 10.0. The zero-order valence-corrected chi connectivity index (χ0v) is 18.6. The number of fused-ring (bicyclic) bond motifs is 1. The molecule has 1 aromatic carbocycles. The molecule has 0 saturated carbocycles. The van der Waals surface area contributed by atoms with E-state index in [1.165, 1.54) is 16.0 Å². The summed E-state index contributed by atoms with van der Waals surface area (Å²) in [4.78, 5) is 39.3. The Morgan fingerprint density at radius 3 is 2.50 bits per heavy atom. The minimum atomic E-state index is -0.476. The molecule has 3 rings (SSSR count). The number of ether oxygens (including phenoxy) is 1. The molecular formula is C22H25N3O4S. The first-order valence-electron chi connectivity index (χ1n) is 9.82. The van der Waals surface area contributed by atoms with Gasteiger partial charge < -0.3 is 10.1 Å². The molecule has 0 atom stereocenters. The summed E-state index contributed by atoms with van der Waals surface area (Å²) in [5, 5.41) is 8.50. The molecule has 0 unspecified atom stereocenters. The molecule has 158 valence electrons. The number of anilines is 1. The van der Waals surface area contributed by atoms with Gasteiger partial charge in [0.1, 0.15) is 5.00 Å². The van der Waals surface area contributed by atoms with Gasteiger partial charge in [0.2, 0.25) is 0 Å². The molecular weight excluding hydrogens is 402 g/mol. The summed E-state index contributed by atoms with van der Waals surface area (Å²) < 4.78 is 6.49. The van der Waals surface area contributed by atoms with Crippen molar-refractivity contribution in [1.82, 2.24) is 9.78 Å². The van der Waals surface area contributed by atoms with Crippen LogP contribution in [-0.4, -0.2) is 28.3 Å².